The smallest absolute Gasteiger partial charge is 0.330 e. The molecule has 0 radical (unpaired) electrons. The first kappa shape index (κ1) is 17.6. The molecular weight excluding hydrogens is 333 g/mol. The Balaban J connectivity index is 1.71. The summed E-state index contributed by atoms with van der Waals surface area (Å²) < 4.78 is 24.8. The minimum Gasteiger partial charge on any atom is -0.487 e. The normalized spacial score (nSPS) is 11.0. The van der Waals surface area contributed by atoms with Crippen molar-refractivity contribution in [2.24, 2.45) is 0 Å². The molecule has 0 atom stereocenters. The number of halogens is 1. The lowest BCUT2D eigenvalue weighted by molar-refractivity contribution is -0.137. The number of hydrogen-bond acceptors (Lipinski definition) is 4. The molecule has 4 nitrogen and oxygen atoms in total. The summed E-state index contributed by atoms with van der Waals surface area (Å²) in [5.74, 6) is -0.278. The van der Waals surface area contributed by atoms with E-state index in [9.17, 15) is 9.18 Å². The molecule has 2 aromatic carbocycles. The average molecular weight is 351 g/mol. The number of nitrogens with zero attached hydrogens (tertiary/aromatic N) is 1. The van der Waals surface area contributed by atoms with Crippen LogP contribution < -0.4 is 4.74 Å². The van der Waals surface area contributed by atoms with Gasteiger partial charge in [-0.05, 0) is 36.8 Å². The zero-order valence-corrected chi connectivity index (χ0v) is 14.3. The third-order valence-electron chi connectivity index (χ3n) is 3.74. The lowest BCUT2D eigenvalue weighted by Crippen LogP contribution is -2.00. The average Bonchev–Trinajstić information content (AvgIpc) is 2.66. The summed E-state index contributed by atoms with van der Waals surface area (Å²) in [5, 5.41) is 0.982. The maximum absolute atomic E-state index is 14.2. The molecule has 132 valence electrons. The van der Waals surface area contributed by atoms with Crippen LogP contribution in [0.25, 0.3) is 17.0 Å². The van der Waals surface area contributed by atoms with Gasteiger partial charge in [-0.15, -0.1) is 0 Å². The van der Waals surface area contributed by atoms with Gasteiger partial charge in [0.05, 0.1) is 6.61 Å². The predicted octanol–water partition coefficient (Wildman–Crippen LogP) is 4.53. The Morgan fingerprint density at radius 2 is 2.04 bits per heavy atom. The van der Waals surface area contributed by atoms with Crippen molar-refractivity contribution in [3.05, 3.63) is 77.7 Å². The summed E-state index contributed by atoms with van der Waals surface area (Å²) in [6, 6.07) is 14.3. The van der Waals surface area contributed by atoms with E-state index in [1.807, 2.05) is 30.3 Å². The second kappa shape index (κ2) is 8.25. The van der Waals surface area contributed by atoms with Crippen molar-refractivity contribution in [3.63, 3.8) is 0 Å². The number of aromatic nitrogens is 1. The van der Waals surface area contributed by atoms with Crippen molar-refractivity contribution >= 4 is 22.9 Å². The molecular formula is C21H18FNO3. The molecule has 0 aliphatic heterocycles. The molecule has 5 heteroatoms. The van der Waals surface area contributed by atoms with Crippen molar-refractivity contribution in [1.82, 2.24) is 4.98 Å². The van der Waals surface area contributed by atoms with E-state index in [1.165, 1.54) is 18.2 Å². The molecule has 0 spiro atoms. The minimum absolute atomic E-state index is 0.217. The Morgan fingerprint density at radius 3 is 2.85 bits per heavy atom. The van der Waals surface area contributed by atoms with Gasteiger partial charge in [-0.2, -0.15) is 0 Å². The Labute approximate surface area is 150 Å². The van der Waals surface area contributed by atoms with Gasteiger partial charge in [0.2, 0.25) is 0 Å². The van der Waals surface area contributed by atoms with E-state index in [0.29, 0.717) is 16.9 Å². The molecule has 26 heavy (non-hydrogen) atoms. The van der Waals surface area contributed by atoms with Gasteiger partial charge in [0.25, 0.3) is 0 Å². The first-order valence-corrected chi connectivity index (χ1v) is 8.27. The lowest BCUT2D eigenvalue weighted by atomic mass is 10.1. The molecule has 0 saturated heterocycles. The van der Waals surface area contributed by atoms with Gasteiger partial charge in [0.1, 0.15) is 23.7 Å². The van der Waals surface area contributed by atoms with Gasteiger partial charge in [-0.3, -0.25) is 4.98 Å². The van der Waals surface area contributed by atoms with Crippen LogP contribution in [0.15, 0.2) is 60.8 Å². The van der Waals surface area contributed by atoms with Crippen LogP contribution in [0.4, 0.5) is 4.39 Å². The lowest BCUT2D eigenvalue weighted by Gasteiger charge is -2.09. The van der Waals surface area contributed by atoms with Crippen LogP contribution in [0.5, 0.6) is 5.75 Å². The van der Waals surface area contributed by atoms with Crippen LogP contribution in [0, 0.1) is 5.82 Å². The molecule has 0 amide bonds. The highest BCUT2D eigenvalue weighted by Crippen LogP contribution is 2.24. The second-order valence-electron chi connectivity index (χ2n) is 5.56. The topological polar surface area (TPSA) is 48.4 Å². The summed E-state index contributed by atoms with van der Waals surface area (Å²) in [5.41, 5.74) is 1.77. The van der Waals surface area contributed by atoms with E-state index in [2.05, 4.69) is 4.98 Å². The summed E-state index contributed by atoms with van der Waals surface area (Å²) in [7, 11) is 0. The van der Waals surface area contributed by atoms with Crippen molar-refractivity contribution in [2.75, 3.05) is 6.61 Å². The van der Waals surface area contributed by atoms with Gasteiger partial charge in [-0.25, -0.2) is 9.18 Å². The zero-order chi connectivity index (χ0) is 18.4. The molecule has 0 bridgehead atoms. The number of carbonyl (C=O) groups excluding carboxylic acids is 1. The Morgan fingerprint density at radius 1 is 1.19 bits per heavy atom. The molecule has 0 N–H and O–H groups in total. The first-order valence-electron chi connectivity index (χ1n) is 8.27. The monoisotopic (exact) mass is 351 g/mol. The number of pyridine rings is 1. The van der Waals surface area contributed by atoms with Crippen LogP contribution >= 0.6 is 0 Å². The number of hydrogen-bond donors (Lipinski definition) is 0. The molecule has 0 aliphatic rings. The van der Waals surface area contributed by atoms with E-state index in [1.54, 1.807) is 25.3 Å². The highest BCUT2D eigenvalue weighted by molar-refractivity contribution is 5.87. The van der Waals surface area contributed by atoms with Crippen molar-refractivity contribution < 1.29 is 18.7 Å². The fraction of sp³-hybridized carbons (Fsp3) is 0.143. The van der Waals surface area contributed by atoms with Crippen LogP contribution in [0.2, 0.25) is 0 Å². The molecule has 3 rings (SSSR count). The fourth-order valence-electron chi connectivity index (χ4n) is 2.50. The quantitative estimate of drug-likeness (QED) is 0.484. The zero-order valence-electron chi connectivity index (χ0n) is 14.3. The number of esters is 1. The number of benzene rings is 2. The molecule has 0 aliphatic carbocycles. The van der Waals surface area contributed by atoms with Gasteiger partial charge >= 0.3 is 5.97 Å². The van der Waals surface area contributed by atoms with Gasteiger partial charge in [0.15, 0.2) is 0 Å². The summed E-state index contributed by atoms with van der Waals surface area (Å²) in [6.45, 7) is 2.21. The van der Waals surface area contributed by atoms with Crippen LogP contribution in [0.1, 0.15) is 18.1 Å². The maximum Gasteiger partial charge on any atom is 0.330 e. The fourth-order valence-corrected chi connectivity index (χ4v) is 2.50. The third-order valence-corrected chi connectivity index (χ3v) is 3.74. The standard InChI is InChI=1S/C21H18FNO3/c1-2-25-20(24)11-10-16-9-8-15(13-18(16)22)14-26-19-7-3-5-17-6-4-12-23-21(17)19/h3-13H,2,14H2,1H3. The number of rotatable bonds is 6. The second-order valence-corrected chi connectivity index (χ2v) is 5.56. The van der Waals surface area contributed by atoms with Crippen LogP contribution in [-0.2, 0) is 16.1 Å². The van der Waals surface area contributed by atoms with Gasteiger partial charge in [0, 0.05) is 23.2 Å². The van der Waals surface area contributed by atoms with Crippen LogP contribution in [-0.4, -0.2) is 17.6 Å². The number of ether oxygens (including phenoxy) is 2. The number of para-hydroxylation sites is 1. The first-order chi connectivity index (χ1) is 12.7. The predicted molar refractivity (Wildman–Crippen MR) is 98.1 cm³/mol. The summed E-state index contributed by atoms with van der Waals surface area (Å²) in [4.78, 5) is 15.6. The van der Waals surface area contributed by atoms with Gasteiger partial charge in [-0.1, -0.05) is 30.3 Å². The highest BCUT2D eigenvalue weighted by atomic mass is 19.1. The van der Waals surface area contributed by atoms with Gasteiger partial charge < -0.3 is 9.47 Å². The minimum atomic E-state index is -0.497. The summed E-state index contributed by atoms with van der Waals surface area (Å²) in [6.07, 6.45) is 4.31. The number of fused-ring (bicyclic) bond motifs is 1. The molecule has 1 heterocycles. The molecule has 1 aromatic heterocycles. The van der Waals surface area contributed by atoms with E-state index in [4.69, 9.17) is 9.47 Å². The van der Waals surface area contributed by atoms with E-state index in [0.717, 1.165) is 10.9 Å². The van der Waals surface area contributed by atoms with E-state index in [-0.39, 0.29) is 13.2 Å². The number of carbonyl (C=O) groups is 1. The molecule has 0 fully saturated rings. The van der Waals surface area contributed by atoms with Crippen molar-refractivity contribution in [3.8, 4) is 5.75 Å². The SMILES string of the molecule is CCOC(=O)C=Cc1ccc(COc2cccc3cccnc23)cc1F. The summed E-state index contributed by atoms with van der Waals surface area (Å²) >= 11 is 0. The largest absolute Gasteiger partial charge is 0.487 e. The van der Waals surface area contributed by atoms with Crippen molar-refractivity contribution in [1.29, 1.82) is 0 Å². The Bertz CT molecular complexity index is 948. The molecule has 0 unspecified atom stereocenters. The highest BCUT2D eigenvalue weighted by Gasteiger charge is 2.06. The van der Waals surface area contributed by atoms with E-state index < -0.39 is 11.8 Å². The molecule has 0 saturated carbocycles. The Kier molecular flexibility index (Phi) is 5.59. The molecule has 3 aromatic rings. The maximum atomic E-state index is 14.2. The third kappa shape index (κ3) is 4.25. The Hall–Kier alpha value is -3.21. The van der Waals surface area contributed by atoms with Crippen molar-refractivity contribution in [2.45, 2.75) is 13.5 Å². The van der Waals surface area contributed by atoms with E-state index >= 15 is 0 Å². The van der Waals surface area contributed by atoms with Crippen LogP contribution in [0.3, 0.4) is 0 Å².